The smallest absolute Gasteiger partial charge is 0.179 e. The Hall–Kier alpha value is -8.83. The molecule has 10 aromatic carbocycles. The number of rotatable bonds is 9. The van der Waals surface area contributed by atoms with Crippen LogP contribution in [0.3, 0.4) is 0 Å². The normalized spacial score (nSPS) is 11.8. The molecule has 3 heterocycles. The van der Waals surface area contributed by atoms with Gasteiger partial charge in [0.05, 0.1) is 27.8 Å². The summed E-state index contributed by atoms with van der Waals surface area (Å²) in [6, 6.07) is 100.0. The van der Waals surface area contributed by atoms with E-state index < -0.39 is 8.07 Å². The summed E-state index contributed by atoms with van der Waals surface area (Å²) >= 11 is 0. The van der Waals surface area contributed by atoms with Crippen LogP contribution in [0, 0.1) is 0 Å². The molecule has 3 nitrogen and oxygen atoms in total. The van der Waals surface area contributed by atoms with Gasteiger partial charge in [-0.05, 0) is 104 Å². The molecule has 0 aliphatic carbocycles. The standard InChI is InChI=1S/C65H45N3Si/c1-6-21-46(22-7-1)60-44-50(47-23-20-32-55(41-47)69(52-26-10-3-11-27-52,53-28-12-4-13-29-53)54-30-14-5-15-31-54)45-65(66-60)68-62-36-19-17-34-57(62)59-43-49(38-40-64(59)68)48-37-39-63-58(42-48)56-33-16-18-35-61(56)67(63)51-24-8-2-9-25-51/h1-45H. The lowest BCUT2D eigenvalue weighted by Crippen LogP contribution is -2.74. The lowest BCUT2D eigenvalue weighted by atomic mass is 10.0. The van der Waals surface area contributed by atoms with Crippen molar-refractivity contribution < 1.29 is 0 Å². The maximum absolute atomic E-state index is 5.53. The van der Waals surface area contributed by atoms with Gasteiger partial charge in [0.25, 0.3) is 0 Å². The molecule has 0 saturated heterocycles. The highest BCUT2D eigenvalue weighted by molar-refractivity contribution is 7.19. The molecule has 0 spiro atoms. The molecule has 4 heteroatoms. The summed E-state index contributed by atoms with van der Waals surface area (Å²) in [5, 5.41) is 10.2. The van der Waals surface area contributed by atoms with Crippen LogP contribution in [0.4, 0.5) is 0 Å². The van der Waals surface area contributed by atoms with Crippen molar-refractivity contribution in [3.05, 3.63) is 273 Å². The van der Waals surface area contributed by atoms with E-state index in [0.29, 0.717) is 0 Å². The molecule has 3 aromatic heterocycles. The number of benzene rings is 10. The second-order valence-corrected chi connectivity index (χ2v) is 21.7. The zero-order chi connectivity index (χ0) is 45.7. The molecule has 13 aromatic rings. The van der Waals surface area contributed by atoms with Crippen molar-refractivity contribution in [1.29, 1.82) is 0 Å². The van der Waals surface area contributed by atoms with Gasteiger partial charge in [-0.15, -0.1) is 0 Å². The molecule has 13 rings (SSSR count). The molecule has 0 aliphatic heterocycles. The predicted molar refractivity (Wildman–Crippen MR) is 293 cm³/mol. The van der Waals surface area contributed by atoms with E-state index in [1.54, 1.807) is 0 Å². The fraction of sp³-hybridized carbons (Fsp3) is 0. The van der Waals surface area contributed by atoms with E-state index in [0.717, 1.165) is 44.9 Å². The molecule has 0 aliphatic rings. The van der Waals surface area contributed by atoms with Crippen LogP contribution >= 0.6 is 0 Å². The Balaban J connectivity index is 0.995. The second-order valence-electron chi connectivity index (χ2n) is 17.9. The van der Waals surface area contributed by atoms with Crippen molar-refractivity contribution in [2.45, 2.75) is 0 Å². The highest BCUT2D eigenvalue weighted by Gasteiger charge is 2.41. The Morgan fingerprint density at radius 3 is 1.25 bits per heavy atom. The van der Waals surface area contributed by atoms with Gasteiger partial charge in [-0.2, -0.15) is 0 Å². The number of hydrogen-bond acceptors (Lipinski definition) is 1. The fourth-order valence-electron chi connectivity index (χ4n) is 11.0. The molecule has 0 atom stereocenters. The average Bonchev–Trinajstić information content (AvgIpc) is 3.95. The summed E-state index contributed by atoms with van der Waals surface area (Å²) < 4.78 is 4.74. The summed E-state index contributed by atoms with van der Waals surface area (Å²) in [4.78, 5) is 5.53. The predicted octanol–water partition coefficient (Wildman–Crippen LogP) is 13.7. The third-order valence-electron chi connectivity index (χ3n) is 14.1. The van der Waals surface area contributed by atoms with Gasteiger partial charge in [-0.1, -0.05) is 212 Å². The van der Waals surface area contributed by atoms with Gasteiger partial charge >= 0.3 is 0 Å². The van der Waals surface area contributed by atoms with E-state index >= 15 is 0 Å². The summed E-state index contributed by atoms with van der Waals surface area (Å²) in [6.07, 6.45) is 0. The largest absolute Gasteiger partial charge is 0.309 e. The zero-order valence-electron chi connectivity index (χ0n) is 37.8. The van der Waals surface area contributed by atoms with E-state index in [1.807, 2.05) is 0 Å². The molecule has 69 heavy (non-hydrogen) atoms. The van der Waals surface area contributed by atoms with Gasteiger partial charge in [0.2, 0.25) is 0 Å². The maximum Gasteiger partial charge on any atom is 0.179 e. The van der Waals surface area contributed by atoms with Gasteiger partial charge in [-0.3, -0.25) is 4.57 Å². The molecule has 0 amide bonds. The van der Waals surface area contributed by atoms with Crippen LogP contribution in [0.2, 0.25) is 0 Å². The minimum atomic E-state index is -2.78. The minimum absolute atomic E-state index is 0.878. The van der Waals surface area contributed by atoms with Crippen molar-refractivity contribution >= 4 is 72.4 Å². The molecule has 324 valence electrons. The van der Waals surface area contributed by atoms with Crippen LogP contribution < -0.4 is 20.7 Å². The third kappa shape index (κ3) is 6.76. The quantitative estimate of drug-likeness (QED) is 0.105. The Bertz CT molecular complexity index is 3900. The lowest BCUT2D eigenvalue weighted by molar-refractivity contribution is 1.08. The summed E-state index contributed by atoms with van der Waals surface area (Å²) in [7, 11) is -2.78. The van der Waals surface area contributed by atoms with E-state index in [-0.39, 0.29) is 0 Å². The first-order chi connectivity index (χ1) is 34.2. The van der Waals surface area contributed by atoms with Gasteiger partial charge in [0.1, 0.15) is 5.82 Å². The van der Waals surface area contributed by atoms with Crippen LogP contribution in [-0.2, 0) is 0 Å². The number of para-hydroxylation sites is 3. The van der Waals surface area contributed by atoms with Crippen molar-refractivity contribution in [3.63, 3.8) is 0 Å². The van der Waals surface area contributed by atoms with E-state index in [2.05, 4.69) is 282 Å². The fourth-order valence-corrected chi connectivity index (χ4v) is 15.8. The Labute approximate surface area is 402 Å². The Morgan fingerprint density at radius 2 is 0.681 bits per heavy atom. The highest BCUT2D eigenvalue weighted by atomic mass is 28.3. The van der Waals surface area contributed by atoms with Crippen molar-refractivity contribution in [2.24, 2.45) is 0 Å². The minimum Gasteiger partial charge on any atom is -0.309 e. The zero-order valence-corrected chi connectivity index (χ0v) is 38.8. The van der Waals surface area contributed by atoms with E-state index in [1.165, 1.54) is 64.5 Å². The monoisotopic (exact) mass is 895 g/mol. The van der Waals surface area contributed by atoms with Crippen LogP contribution in [0.25, 0.3) is 88.6 Å². The third-order valence-corrected chi connectivity index (χ3v) is 18.8. The van der Waals surface area contributed by atoms with Crippen molar-refractivity contribution in [1.82, 2.24) is 14.1 Å². The number of fused-ring (bicyclic) bond motifs is 6. The van der Waals surface area contributed by atoms with E-state index in [4.69, 9.17) is 4.98 Å². The lowest BCUT2D eigenvalue weighted by Gasteiger charge is -2.34. The SMILES string of the molecule is c1ccc(-c2cc(-c3cccc([Si](c4ccccc4)(c4ccccc4)c4ccccc4)c3)cc(-n3c4ccccc4c4cc(-c5ccc6c(c5)c5ccccc5n6-c5ccccc5)ccc43)n2)cc1. The first kappa shape index (κ1) is 40.4. The van der Waals surface area contributed by atoms with Gasteiger partial charge in [0.15, 0.2) is 8.07 Å². The number of nitrogens with zero attached hydrogens (tertiary/aromatic N) is 3. The van der Waals surface area contributed by atoms with Gasteiger partial charge < -0.3 is 4.57 Å². The number of aromatic nitrogens is 3. The number of hydrogen-bond donors (Lipinski definition) is 0. The van der Waals surface area contributed by atoms with Crippen LogP contribution in [0.15, 0.2) is 273 Å². The molecule has 0 saturated carbocycles. The number of pyridine rings is 1. The Kier molecular flexibility index (Phi) is 9.85. The summed E-state index contributed by atoms with van der Waals surface area (Å²) in [5.74, 6) is 0.878. The topological polar surface area (TPSA) is 22.8 Å². The van der Waals surface area contributed by atoms with E-state index in [9.17, 15) is 0 Å². The molecule has 0 bridgehead atoms. The Morgan fingerprint density at radius 1 is 0.261 bits per heavy atom. The van der Waals surface area contributed by atoms with Crippen molar-refractivity contribution in [3.8, 4) is 45.0 Å². The first-order valence-corrected chi connectivity index (χ1v) is 25.7. The van der Waals surface area contributed by atoms with Gasteiger partial charge in [-0.25, -0.2) is 4.98 Å². The maximum atomic E-state index is 5.53. The molecular formula is C65H45N3Si. The highest BCUT2D eigenvalue weighted by Crippen LogP contribution is 2.39. The molecule has 0 N–H and O–H groups in total. The van der Waals surface area contributed by atoms with Crippen LogP contribution in [0.1, 0.15) is 0 Å². The first-order valence-electron chi connectivity index (χ1n) is 23.7. The summed E-state index contributed by atoms with van der Waals surface area (Å²) in [6.45, 7) is 0. The second kappa shape index (κ2) is 16.8. The summed E-state index contributed by atoms with van der Waals surface area (Å²) in [5.41, 5.74) is 12.4. The molecule has 0 fully saturated rings. The van der Waals surface area contributed by atoms with Crippen LogP contribution in [0.5, 0.6) is 0 Å². The van der Waals surface area contributed by atoms with Gasteiger partial charge in [0, 0.05) is 32.8 Å². The van der Waals surface area contributed by atoms with Crippen molar-refractivity contribution in [2.75, 3.05) is 0 Å². The molecule has 0 unspecified atom stereocenters. The molecule has 0 radical (unpaired) electrons. The molecular weight excluding hydrogens is 851 g/mol. The van der Waals surface area contributed by atoms with Crippen LogP contribution in [-0.4, -0.2) is 22.2 Å². The average molecular weight is 896 g/mol.